The minimum Gasteiger partial charge on any atom is -0.343 e. The summed E-state index contributed by atoms with van der Waals surface area (Å²) in [6, 6.07) is 18.1. The van der Waals surface area contributed by atoms with Crippen molar-refractivity contribution < 1.29 is 4.39 Å². The van der Waals surface area contributed by atoms with Crippen molar-refractivity contribution in [1.29, 1.82) is 5.26 Å². The molecule has 1 N–H and O–H groups in total. The van der Waals surface area contributed by atoms with Crippen LogP contribution < -0.4 is 5.56 Å². The number of aromatic nitrogens is 2. The highest BCUT2D eigenvalue weighted by atomic mass is 19.1. The molecule has 0 aliphatic carbocycles. The van der Waals surface area contributed by atoms with Gasteiger partial charge in [-0.05, 0) is 53.8 Å². The van der Waals surface area contributed by atoms with Gasteiger partial charge in [0.05, 0.1) is 0 Å². The molecule has 0 bridgehead atoms. The Morgan fingerprint density at radius 1 is 1.11 bits per heavy atom. The van der Waals surface area contributed by atoms with Crippen LogP contribution in [0.3, 0.4) is 0 Å². The minimum atomic E-state index is -0.380. The van der Waals surface area contributed by atoms with Gasteiger partial charge >= 0.3 is 0 Å². The van der Waals surface area contributed by atoms with Crippen LogP contribution in [0, 0.1) is 24.1 Å². The standard InChI is InChI=1S/C22H16FN3O/c1-14-10-19(20(12-24)22(27)25-14)17-5-4-16-8-9-26(21(16)11-17)13-15-2-6-18(23)7-3-15/h2-11H,13H2,1H3,(H,25,27). The van der Waals surface area contributed by atoms with Crippen LogP contribution in [-0.4, -0.2) is 9.55 Å². The fraction of sp³-hybridized carbons (Fsp3) is 0.0909. The second kappa shape index (κ2) is 6.58. The van der Waals surface area contributed by atoms with Crippen molar-refractivity contribution in [3.05, 3.63) is 93.8 Å². The highest BCUT2D eigenvalue weighted by molar-refractivity contribution is 5.86. The monoisotopic (exact) mass is 357 g/mol. The number of fused-ring (bicyclic) bond motifs is 1. The van der Waals surface area contributed by atoms with Gasteiger partial charge in [-0.25, -0.2) is 4.39 Å². The van der Waals surface area contributed by atoms with E-state index >= 15 is 0 Å². The molecule has 2 aromatic carbocycles. The van der Waals surface area contributed by atoms with Crippen LogP contribution in [0.1, 0.15) is 16.8 Å². The first-order valence-electron chi connectivity index (χ1n) is 8.53. The molecule has 4 nitrogen and oxygen atoms in total. The summed E-state index contributed by atoms with van der Waals surface area (Å²) in [5, 5.41) is 10.4. The molecule has 4 aromatic rings. The van der Waals surface area contributed by atoms with Gasteiger partial charge in [0.15, 0.2) is 0 Å². The molecule has 2 heterocycles. The number of pyridine rings is 1. The molecule has 0 aliphatic rings. The minimum absolute atomic E-state index is 0.108. The van der Waals surface area contributed by atoms with Crippen LogP contribution >= 0.6 is 0 Å². The first-order valence-corrected chi connectivity index (χ1v) is 8.53. The maximum Gasteiger partial charge on any atom is 0.266 e. The van der Waals surface area contributed by atoms with Crippen molar-refractivity contribution in [2.24, 2.45) is 0 Å². The van der Waals surface area contributed by atoms with E-state index in [1.54, 1.807) is 19.1 Å². The van der Waals surface area contributed by atoms with E-state index in [1.165, 1.54) is 12.1 Å². The molecule has 0 saturated carbocycles. The number of hydrogen-bond acceptors (Lipinski definition) is 2. The van der Waals surface area contributed by atoms with Crippen molar-refractivity contribution in [2.45, 2.75) is 13.5 Å². The van der Waals surface area contributed by atoms with E-state index in [0.717, 1.165) is 22.0 Å². The second-order valence-corrected chi connectivity index (χ2v) is 6.53. The number of hydrogen-bond donors (Lipinski definition) is 1. The number of aryl methyl sites for hydroxylation is 1. The van der Waals surface area contributed by atoms with Crippen LogP contribution in [0.15, 0.2) is 65.6 Å². The third kappa shape index (κ3) is 3.13. The summed E-state index contributed by atoms with van der Waals surface area (Å²) in [6.07, 6.45) is 1.98. The van der Waals surface area contributed by atoms with Crippen molar-refractivity contribution in [1.82, 2.24) is 9.55 Å². The Balaban J connectivity index is 1.82. The summed E-state index contributed by atoms with van der Waals surface area (Å²) >= 11 is 0. The average Bonchev–Trinajstić information content (AvgIpc) is 3.05. The number of nitriles is 1. The smallest absolute Gasteiger partial charge is 0.266 e. The van der Waals surface area contributed by atoms with E-state index in [2.05, 4.69) is 9.55 Å². The Morgan fingerprint density at radius 2 is 1.89 bits per heavy atom. The number of nitrogens with zero attached hydrogens (tertiary/aromatic N) is 2. The predicted octanol–water partition coefficient (Wildman–Crippen LogP) is 4.36. The number of nitrogens with one attached hydrogen (secondary N) is 1. The fourth-order valence-electron chi connectivity index (χ4n) is 3.30. The van der Waals surface area contributed by atoms with Gasteiger partial charge in [-0.2, -0.15) is 5.26 Å². The number of aromatic amines is 1. The Morgan fingerprint density at radius 3 is 2.63 bits per heavy atom. The van der Waals surface area contributed by atoms with E-state index in [9.17, 15) is 14.4 Å². The van der Waals surface area contributed by atoms with Crippen molar-refractivity contribution >= 4 is 10.9 Å². The van der Waals surface area contributed by atoms with E-state index in [0.29, 0.717) is 17.8 Å². The zero-order valence-corrected chi connectivity index (χ0v) is 14.7. The van der Waals surface area contributed by atoms with E-state index < -0.39 is 0 Å². The Kier molecular flexibility index (Phi) is 4.09. The van der Waals surface area contributed by atoms with Crippen molar-refractivity contribution in [3.63, 3.8) is 0 Å². The molecule has 27 heavy (non-hydrogen) atoms. The molecule has 0 aliphatic heterocycles. The van der Waals surface area contributed by atoms with Crippen LogP contribution in [0.5, 0.6) is 0 Å². The number of halogens is 1. The lowest BCUT2D eigenvalue weighted by molar-refractivity contribution is 0.626. The topological polar surface area (TPSA) is 61.6 Å². The van der Waals surface area contributed by atoms with Crippen LogP contribution in [0.4, 0.5) is 4.39 Å². The average molecular weight is 357 g/mol. The molecule has 0 unspecified atom stereocenters. The van der Waals surface area contributed by atoms with E-state index in [-0.39, 0.29) is 16.9 Å². The summed E-state index contributed by atoms with van der Waals surface area (Å²) in [6.45, 7) is 2.40. The van der Waals surface area contributed by atoms with Crippen LogP contribution in [0.2, 0.25) is 0 Å². The molecule has 0 spiro atoms. The number of rotatable bonds is 3. The molecule has 0 fully saturated rings. The van der Waals surface area contributed by atoms with E-state index in [1.807, 2.05) is 42.6 Å². The quantitative estimate of drug-likeness (QED) is 0.592. The normalized spacial score (nSPS) is 10.9. The largest absolute Gasteiger partial charge is 0.343 e. The van der Waals surface area contributed by atoms with Crippen LogP contribution in [0.25, 0.3) is 22.0 Å². The molecular weight excluding hydrogens is 341 g/mol. The van der Waals surface area contributed by atoms with Crippen molar-refractivity contribution in [3.8, 4) is 17.2 Å². The lowest BCUT2D eigenvalue weighted by Gasteiger charge is -2.09. The van der Waals surface area contributed by atoms with Gasteiger partial charge in [-0.15, -0.1) is 0 Å². The summed E-state index contributed by atoms with van der Waals surface area (Å²) in [5.41, 5.74) is 3.84. The Bertz CT molecular complexity index is 1240. The molecule has 0 saturated heterocycles. The van der Waals surface area contributed by atoms with Crippen molar-refractivity contribution in [2.75, 3.05) is 0 Å². The zero-order chi connectivity index (χ0) is 19.0. The van der Waals surface area contributed by atoms with Gasteiger partial charge in [0.25, 0.3) is 5.56 Å². The third-order valence-corrected chi connectivity index (χ3v) is 4.63. The lowest BCUT2D eigenvalue weighted by Crippen LogP contribution is -2.12. The summed E-state index contributed by atoms with van der Waals surface area (Å²) in [5.74, 6) is -0.257. The molecule has 2 aromatic heterocycles. The first kappa shape index (κ1) is 16.8. The molecular formula is C22H16FN3O. The molecule has 4 rings (SSSR count). The highest BCUT2D eigenvalue weighted by Crippen LogP contribution is 2.27. The molecule has 5 heteroatoms. The summed E-state index contributed by atoms with van der Waals surface area (Å²) < 4.78 is 15.2. The van der Waals surface area contributed by atoms with Gasteiger partial charge in [-0.1, -0.05) is 24.3 Å². The molecule has 0 atom stereocenters. The van der Waals surface area contributed by atoms with Crippen LogP contribution in [-0.2, 0) is 6.54 Å². The lowest BCUT2D eigenvalue weighted by atomic mass is 10.00. The maximum atomic E-state index is 13.1. The van der Waals surface area contributed by atoms with E-state index in [4.69, 9.17) is 0 Å². The summed E-state index contributed by atoms with van der Waals surface area (Å²) in [7, 11) is 0. The fourth-order valence-corrected chi connectivity index (χ4v) is 3.30. The predicted molar refractivity (Wildman–Crippen MR) is 103 cm³/mol. The summed E-state index contributed by atoms with van der Waals surface area (Å²) in [4.78, 5) is 14.8. The maximum absolute atomic E-state index is 13.1. The third-order valence-electron chi connectivity index (χ3n) is 4.63. The SMILES string of the molecule is Cc1cc(-c2ccc3ccn(Cc4ccc(F)cc4)c3c2)c(C#N)c(=O)[nH]1. The Labute approximate surface area is 155 Å². The van der Waals surface area contributed by atoms with Gasteiger partial charge in [0.2, 0.25) is 0 Å². The first-order chi connectivity index (χ1) is 13.0. The highest BCUT2D eigenvalue weighted by Gasteiger charge is 2.12. The number of H-pyrrole nitrogens is 1. The molecule has 0 amide bonds. The Hall–Kier alpha value is -3.65. The van der Waals surface area contributed by atoms with Gasteiger partial charge in [-0.3, -0.25) is 4.79 Å². The van der Waals surface area contributed by atoms with Gasteiger partial charge in [0, 0.05) is 29.5 Å². The zero-order valence-electron chi connectivity index (χ0n) is 14.7. The molecule has 0 radical (unpaired) electrons. The van der Waals surface area contributed by atoms with Gasteiger partial charge in [0.1, 0.15) is 17.4 Å². The van der Waals surface area contributed by atoms with Gasteiger partial charge < -0.3 is 9.55 Å². The molecule has 132 valence electrons. The second-order valence-electron chi connectivity index (χ2n) is 6.53. The number of benzene rings is 2.